The molecule has 16 heavy (non-hydrogen) atoms. The molecule has 1 aromatic carbocycles. The molecule has 0 radical (unpaired) electrons. The van der Waals surface area contributed by atoms with Gasteiger partial charge in [0.05, 0.1) is 17.9 Å². The number of anilines is 1. The van der Waals surface area contributed by atoms with E-state index in [0.29, 0.717) is 0 Å². The summed E-state index contributed by atoms with van der Waals surface area (Å²) in [5, 5.41) is 0.773. The van der Waals surface area contributed by atoms with Gasteiger partial charge in [0.2, 0.25) is 0 Å². The molecule has 2 aliphatic heterocycles. The Morgan fingerprint density at radius 2 is 2.00 bits per heavy atom. The summed E-state index contributed by atoms with van der Waals surface area (Å²) in [4.78, 5) is 2.40. The molecule has 2 nitrogen and oxygen atoms in total. The molecule has 0 atom stereocenters. The summed E-state index contributed by atoms with van der Waals surface area (Å²) in [5.41, 5.74) is 1.48. The standard InChI is InChI=1S/C12H13BrClNO/c13-10-7-9(14)1-2-11(10)15-5-3-12(4-6-15)8-16-12/h1-2,7H,3-6,8H2. The lowest BCUT2D eigenvalue weighted by Gasteiger charge is -2.32. The molecule has 1 aromatic rings. The summed E-state index contributed by atoms with van der Waals surface area (Å²) in [5.74, 6) is 0. The Kier molecular flexibility index (Phi) is 2.65. The van der Waals surface area contributed by atoms with Gasteiger partial charge in [-0.3, -0.25) is 0 Å². The van der Waals surface area contributed by atoms with Gasteiger partial charge in [-0.1, -0.05) is 11.6 Å². The zero-order chi connectivity index (χ0) is 11.2. The summed E-state index contributed by atoms with van der Waals surface area (Å²) in [7, 11) is 0. The maximum Gasteiger partial charge on any atom is 0.0950 e. The molecule has 2 saturated heterocycles. The number of hydrogen-bond donors (Lipinski definition) is 0. The van der Waals surface area contributed by atoms with Crippen molar-refractivity contribution in [3.8, 4) is 0 Å². The Morgan fingerprint density at radius 1 is 1.31 bits per heavy atom. The predicted octanol–water partition coefficient (Wildman–Crippen LogP) is 3.47. The third-order valence-corrected chi connectivity index (χ3v) is 4.35. The molecule has 0 N–H and O–H groups in total. The monoisotopic (exact) mass is 301 g/mol. The molecule has 0 unspecified atom stereocenters. The minimum absolute atomic E-state index is 0.245. The minimum Gasteiger partial charge on any atom is -0.370 e. The van der Waals surface area contributed by atoms with E-state index in [1.54, 1.807) is 0 Å². The molecule has 0 amide bonds. The number of piperidine rings is 1. The first-order chi connectivity index (χ1) is 7.69. The third-order valence-electron chi connectivity index (χ3n) is 3.48. The number of epoxide rings is 1. The molecule has 4 heteroatoms. The molecular weight excluding hydrogens is 289 g/mol. The van der Waals surface area contributed by atoms with Crippen molar-refractivity contribution in [1.29, 1.82) is 0 Å². The van der Waals surface area contributed by atoms with Gasteiger partial charge < -0.3 is 9.64 Å². The van der Waals surface area contributed by atoms with Crippen molar-refractivity contribution >= 4 is 33.2 Å². The lowest BCUT2D eigenvalue weighted by Crippen LogP contribution is -2.37. The molecule has 3 rings (SSSR count). The topological polar surface area (TPSA) is 15.8 Å². The maximum atomic E-state index is 5.94. The maximum absolute atomic E-state index is 5.94. The average molecular weight is 303 g/mol. The minimum atomic E-state index is 0.245. The van der Waals surface area contributed by atoms with E-state index in [2.05, 4.69) is 26.9 Å². The number of ether oxygens (including phenoxy) is 1. The lowest BCUT2D eigenvalue weighted by molar-refractivity contribution is 0.258. The van der Waals surface area contributed by atoms with Crippen LogP contribution in [-0.2, 0) is 4.74 Å². The molecule has 2 aliphatic rings. The Bertz CT molecular complexity index is 409. The molecule has 0 aliphatic carbocycles. The molecule has 0 bridgehead atoms. The molecular formula is C12H13BrClNO. The van der Waals surface area contributed by atoms with Crippen molar-refractivity contribution in [2.75, 3.05) is 24.6 Å². The quantitative estimate of drug-likeness (QED) is 0.738. The summed E-state index contributed by atoms with van der Waals surface area (Å²) >= 11 is 9.51. The van der Waals surface area contributed by atoms with Crippen LogP contribution in [0.25, 0.3) is 0 Å². The number of rotatable bonds is 1. The highest BCUT2D eigenvalue weighted by Gasteiger charge is 2.46. The first-order valence-electron chi connectivity index (χ1n) is 5.53. The Hall–Kier alpha value is -0.250. The highest BCUT2D eigenvalue weighted by molar-refractivity contribution is 9.10. The molecule has 0 saturated carbocycles. The first-order valence-corrected chi connectivity index (χ1v) is 6.70. The van der Waals surface area contributed by atoms with E-state index in [9.17, 15) is 0 Å². The van der Waals surface area contributed by atoms with Crippen LogP contribution in [0.4, 0.5) is 5.69 Å². The fourth-order valence-electron chi connectivity index (χ4n) is 2.28. The zero-order valence-electron chi connectivity index (χ0n) is 8.88. The first kappa shape index (κ1) is 10.9. The van der Waals surface area contributed by atoms with Crippen molar-refractivity contribution in [2.45, 2.75) is 18.4 Å². The van der Waals surface area contributed by atoms with E-state index in [-0.39, 0.29) is 5.60 Å². The second kappa shape index (κ2) is 3.90. The second-order valence-electron chi connectivity index (χ2n) is 4.55. The smallest absolute Gasteiger partial charge is 0.0950 e. The van der Waals surface area contributed by atoms with E-state index >= 15 is 0 Å². The third kappa shape index (κ3) is 1.96. The Balaban J connectivity index is 1.77. The van der Waals surface area contributed by atoms with E-state index in [1.807, 2.05) is 12.1 Å². The van der Waals surface area contributed by atoms with Gasteiger partial charge in [0.15, 0.2) is 0 Å². The summed E-state index contributed by atoms with van der Waals surface area (Å²) in [6.45, 7) is 3.10. The van der Waals surface area contributed by atoms with E-state index in [4.69, 9.17) is 16.3 Å². The van der Waals surface area contributed by atoms with Gasteiger partial charge >= 0.3 is 0 Å². The second-order valence-corrected chi connectivity index (χ2v) is 5.85. The fraction of sp³-hybridized carbons (Fsp3) is 0.500. The van der Waals surface area contributed by atoms with Crippen LogP contribution in [-0.4, -0.2) is 25.3 Å². The molecule has 86 valence electrons. The summed E-state index contributed by atoms with van der Waals surface area (Å²) in [6, 6.07) is 5.98. The van der Waals surface area contributed by atoms with Crippen LogP contribution in [0, 0.1) is 0 Å². The highest BCUT2D eigenvalue weighted by atomic mass is 79.9. The Morgan fingerprint density at radius 3 is 2.56 bits per heavy atom. The van der Waals surface area contributed by atoms with Crippen LogP contribution >= 0.6 is 27.5 Å². The normalized spacial score (nSPS) is 22.5. The summed E-state index contributed by atoms with van der Waals surface area (Å²) in [6.07, 6.45) is 2.28. The molecule has 2 heterocycles. The van der Waals surface area contributed by atoms with Gasteiger partial charge in [0, 0.05) is 22.6 Å². The van der Waals surface area contributed by atoms with Crippen molar-refractivity contribution < 1.29 is 4.74 Å². The van der Waals surface area contributed by atoms with Gasteiger partial charge in [-0.05, 0) is 47.0 Å². The lowest BCUT2D eigenvalue weighted by atomic mass is 9.97. The van der Waals surface area contributed by atoms with Crippen LogP contribution in [0.15, 0.2) is 22.7 Å². The van der Waals surface area contributed by atoms with E-state index < -0.39 is 0 Å². The predicted molar refractivity (Wildman–Crippen MR) is 69.3 cm³/mol. The van der Waals surface area contributed by atoms with Gasteiger partial charge in [-0.25, -0.2) is 0 Å². The fourth-order valence-corrected chi connectivity index (χ4v) is 3.22. The van der Waals surface area contributed by atoms with E-state index in [1.165, 1.54) is 5.69 Å². The van der Waals surface area contributed by atoms with Crippen LogP contribution in [0.3, 0.4) is 0 Å². The van der Waals surface area contributed by atoms with Gasteiger partial charge in [0.1, 0.15) is 0 Å². The number of nitrogens with zero attached hydrogens (tertiary/aromatic N) is 1. The SMILES string of the molecule is Clc1ccc(N2CCC3(CC2)CO3)c(Br)c1. The van der Waals surface area contributed by atoms with Crippen LogP contribution in [0.1, 0.15) is 12.8 Å². The van der Waals surface area contributed by atoms with Crippen molar-refractivity contribution in [2.24, 2.45) is 0 Å². The van der Waals surface area contributed by atoms with Crippen molar-refractivity contribution in [1.82, 2.24) is 0 Å². The molecule has 1 spiro atoms. The van der Waals surface area contributed by atoms with E-state index in [0.717, 1.165) is 42.0 Å². The van der Waals surface area contributed by atoms with Crippen LogP contribution in [0.5, 0.6) is 0 Å². The molecule has 2 fully saturated rings. The van der Waals surface area contributed by atoms with Gasteiger partial charge in [-0.2, -0.15) is 0 Å². The number of benzene rings is 1. The van der Waals surface area contributed by atoms with Crippen LogP contribution in [0.2, 0.25) is 5.02 Å². The highest BCUT2D eigenvalue weighted by Crippen LogP contribution is 2.40. The number of hydrogen-bond acceptors (Lipinski definition) is 2. The number of halogens is 2. The van der Waals surface area contributed by atoms with Gasteiger partial charge in [0.25, 0.3) is 0 Å². The van der Waals surface area contributed by atoms with Gasteiger partial charge in [-0.15, -0.1) is 0 Å². The molecule has 0 aromatic heterocycles. The Labute approximate surface area is 109 Å². The van der Waals surface area contributed by atoms with Crippen LogP contribution < -0.4 is 4.90 Å². The average Bonchev–Trinajstić information content (AvgIpc) is 3.00. The van der Waals surface area contributed by atoms with Crippen molar-refractivity contribution in [3.05, 3.63) is 27.7 Å². The largest absolute Gasteiger partial charge is 0.370 e. The van der Waals surface area contributed by atoms with Crippen molar-refractivity contribution in [3.63, 3.8) is 0 Å². The summed E-state index contributed by atoms with van der Waals surface area (Å²) < 4.78 is 6.59. The zero-order valence-corrected chi connectivity index (χ0v) is 11.2.